The van der Waals surface area contributed by atoms with Crippen molar-refractivity contribution in [2.45, 2.75) is 89.8 Å². The van der Waals surface area contributed by atoms with Gasteiger partial charge in [0.05, 0.1) is 0 Å². The van der Waals surface area contributed by atoms with Crippen LogP contribution < -0.4 is 5.73 Å². The third kappa shape index (κ3) is 5.94. The molecule has 1 amide bonds. The number of amides is 1. The van der Waals surface area contributed by atoms with Gasteiger partial charge in [0, 0.05) is 0 Å². The Hall–Kier alpha value is -1.35. The monoisotopic (exact) mass is 331 g/mol. The van der Waals surface area contributed by atoms with Gasteiger partial charge in [0.15, 0.2) is 6.10 Å². The van der Waals surface area contributed by atoms with Gasteiger partial charge in [-0.3, -0.25) is 4.79 Å². The Morgan fingerprint density at radius 2 is 1.62 bits per heavy atom. The maximum atomic E-state index is 11.1. The topological polar surface area (TPSA) is 55.6 Å². The molecule has 0 aliphatic carbocycles. The minimum atomic E-state index is -0.425. The van der Waals surface area contributed by atoms with Gasteiger partial charge in [-0.1, -0.05) is 89.5 Å². The number of hydrogen-bond acceptors (Lipinski definition) is 2. The molecule has 2 rings (SSSR count). The Kier molecular flexibility index (Phi) is 7.77. The first-order valence-corrected chi connectivity index (χ1v) is 9.68. The highest BCUT2D eigenvalue weighted by Crippen LogP contribution is 2.38. The molecule has 1 fully saturated rings. The van der Waals surface area contributed by atoms with Crippen molar-refractivity contribution in [1.29, 1.82) is 0 Å². The summed E-state index contributed by atoms with van der Waals surface area (Å²) in [6.07, 6.45) is 11.7. The lowest BCUT2D eigenvalue weighted by Gasteiger charge is -2.12. The fourth-order valence-corrected chi connectivity index (χ4v) is 3.35. The zero-order valence-corrected chi connectivity index (χ0v) is 15.3. The van der Waals surface area contributed by atoms with Crippen molar-refractivity contribution in [2.75, 3.05) is 0 Å². The summed E-state index contributed by atoms with van der Waals surface area (Å²) in [6.45, 7) is 4.57. The Morgan fingerprint density at radius 3 is 2.17 bits per heavy atom. The summed E-state index contributed by atoms with van der Waals surface area (Å²) in [6, 6.07) is 8.50. The van der Waals surface area contributed by atoms with E-state index < -0.39 is 6.10 Å². The van der Waals surface area contributed by atoms with Crippen LogP contribution in [0, 0.1) is 0 Å². The molecule has 3 nitrogen and oxygen atoms in total. The first-order chi connectivity index (χ1) is 11.6. The minimum absolute atomic E-state index is 0.125. The van der Waals surface area contributed by atoms with Crippen LogP contribution in [0.4, 0.5) is 0 Å². The van der Waals surface area contributed by atoms with Crippen LogP contribution in [0.1, 0.15) is 94.8 Å². The van der Waals surface area contributed by atoms with Crippen LogP contribution in [-0.4, -0.2) is 12.0 Å². The molecule has 134 valence electrons. The molecule has 0 spiro atoms. The molecule has 0 aromatic heterocycles. The number of primary amides is 1. The van der Waals surface area contributed by atoms with Gasteiger partial charge in [-0.25, -0.2) is 0 Å². The fraction of sp³-hybridized carbons (Fsp3) is 0.667. The summed E-state index contributed by atoms with van der Waals surface area (Å²) in [4.78, 5) is 11.1. The maximum absolute atomic E-state index is 11.1. The molecule has 1 aliphatic heterocycles. The van der Waals surface area contributed by atoms with E-state index in [-0.39, 0.29) is 12.0 Å². The summed E-state index contributed by atoms with van der Waals surface area (Å²) >= 11 is 0. The second kappa shape index (κ2) is 9.83. The fourth-order valence-electron chi connectivity index (χ4n) is 3.35. The number of epoxide rings is 1. The summed E-state index contributed by atoms with van der Waals surface area (Å²) in [5.74, 6) is 0.221. The van der Waals surface area contributed by atoms with Crippen LogP contribution in [0.15, 0.2) is 24.3 Å². The summed E-state index contributed by atoms with van der Waals surface area (Å²) in [7, 11) is 0. The van der Waals surface area contributed by atoms with E-state index in [1.807, 2.05) is 0 Å². The largest absolute Gasteiger partial charge is 0.367 e. The number of benzene rings is 1. The summed E-state index contributed by atoms with van der Waals surface area (Å²) < 4.78 is 5.32. The van der Waals surface area contributed by atoms with Gasteiger partial charge in [-0.2, -0.15) is 0 Å². The number of hydrogen-bond donors (Lipinski definition) is 1. The van der Waals surface area contributed by atoms with Crippen molar-refractivity contribution in [2.24, 2.45) is 5.73 Å². The van der Waals surface area contributed by atoms with Crippen molar-refractivity contribution in [3.63, 3.8) is 0 Å². The number of unbranched alkanes of at least 4 members (excludes halogenated alkanes) is 7. The smallest absolute Gasteiger partial charge is 0.249 e. The van der Waals surface area contributed by atoms with Crippen molar-refractivity contribution < 1.29 is 9.53 Å². The Labute approximate surface area is 147 Å². The summed E-state index contributed by atoms with van der Waals surface area (Å²) in [5.41, 5.74) is 7.68. The van der Waals surface area contributed by atoms with E-state index in [1.165, 1.54) is 63.4 Å². The standard InChI is InChI=1S/C21H33NO2/c1-3-4-5-6-7-8-9-10-11-16(2)17-12-14-18(15-13-17)19-20(24-19)21(22)23/h12-16,19-20H,3-11H2,1-2H3,(H2,22,23). The molecular weight excluding hydrogens is 298 g/mol. The quantitative estimate of drug-likeness (QED) is 0.420. The highest BCUT2D eigenvalue weighted by atomic mass is 16.6. The number of carbonyl (C=O) groups is 1. The SMILES string of the molecule is CCCCCCCCCCC(C)c1ccc(C2OC2C(N)=O)cc1. The van der Waals surface area contributed by atoms with Crippen molar-refractivity contribution in [3.8, 4) is 0 Å². The minimum Gasteiger partial charge on any atom is -0.367 e. The number of nitrogens with two attached hydrogens (primary N) is 1. The van der Waals surface area contributed by atoms with E-state index >= 15 is 0 Å². The molecule has 1 saturated heterocycles. The predicted molar refractivity (Wildman–Crippen MR) is 98.9 cm³/mol. The first-order valence-electron chi connectivity index (χ1n) is 9.68. The van der Waals surface area contributed by atoms with Gasteiger partial charge in [-0.05, 0) is 23.5 Å². The van der Waals surface area contributed by atoms with Crippen LogP contribution in [-0.2, 0) is 9.53 Å². The van der Waals surface area contributed by atoms with E-state index in [0.29, 0.717) is 5.92 Å². The molecule has 1 aliphatic rings. The molecule has 0 bridgehead atoms. The molecule has 1 heterocycles. The average Bonchev–Trinajstić information content (AvgIpc) is 3.38. The Bertz CT molecular complexity index is 497. The molecule has 3 unspecified atom stereocenters. The van der Waals surface area contributed by atoms with Crippen LogP contribution in [0.3, 0.4) is 0 Å². The molecule has 3 heteroatoms. The van der Waals surface area contributed by atoms with Crippen molar-refractivity contribution in [1.82, 2.24) is 0 Å². The third-order valence-electron chi connectivity index (χ3n) is 5.10. The lowest BCUT2D eigenvalue weighted by molar-refractivity contribution is -0.119. The van der Waals surface area contributed by atoms with E-state index in [4.69, 9.17) is 10.5 Å². The first kappa shape index (κ1) is 19.0. The highest BCUT2D eigenvalue weighted by Gasteiger charge is 2.44. The molecular formula is C21H33NO2. The van der Waals surface area contributed by atoms with Gasteiger partial charge in [-0.15, -0.1) is 0 Å². The summed E-state index contributed by atoms with van der Waals surface area (Å²) in [5, 5.41) is 0. The number of rotatable bonds is 12. The maximum Gasteiger partial charge on any atom is 0.249 e. The highest BCUT2D eigenvalue weighted by molar-refractivity contribution is 5.82. The van der Waals surface area contributed by atoms with Crippen molar-refractivity contribution >= 4 is 5.91 Å². The second-order valence-corrected chi connectivity index (χ2v) is 7.21. The normalized spacial score (nSPS) is 20.8. The van der Waals surface area contributed by atoms with Crippen LogP contribution in [0.5, 0.6) is 0 Å². The Morgan fingerprint density at radius 1 is 1.04 bits per heavy atom. The van der Waals surface area contributed by atoms with Gasteiger partial charge < -0.3 is 10.5 Å². The second-order valence-electron chi connectivity index (χ2n) is 7.21. The van der Waals surface area contributed by atoms with E-state index in [2.05, 4.69) is 38.1 Å². The van der Waals surface area contributed by atoms with E-state index in [9.17, 15) is 4.79 Å². The van der Waals surface area contributed by atoms with E-state index in [0.717, 1.165) is 5.56 Å². The molecule has 2 N–H and O–H groups in total. The molecule has 24 heavy (non-hydrogen) atoms. The van der Waals surface area contributed by atoms with Gasteiger partial charge in [0.1, 0.15) is 6.10 Å². The lowest BCUT2D eigenvalue weighted by Crippen LogP contribution is -2.18. The predicted octanol–water partition coefficient (Wildman–Crippen LogP) is 5.25. The molecule has 1 aromatic carbocycles. The van der Waals surface area contributed by atoms with Crippen LogP contribution >= 0.6 is 0 Å². The van der Waals surface area contributed by atoms with Gasteiger partial charge in [0.2, 0.25) is 5.91 Å². The van der Waals surface area contributed by atoms with Gasteiger partial charge >= 0.3 is 0 Å². The van der Waals surface area contributed by atoms with Crippen molar-refractivity contribution in [3.05, 3.63) is 35.4 Å². The zero-order valence-electron chi connectivity index (χ0n) is 15.3. The molecule has 3 atom stereocenters. The number of carbonyl (C=O) groups excluding carboxylic acids is 1. The molecule has 0 saturated carbocycles. The third-order valence-corrected chi connectivity index (χ3v) is 5.10. The van der Waals surface area contributed by atoms with Gasteiger partial charge in [0.25, 0.3) is 0 Å². The average molecular weight is 332 g/mol. The van der Waals surface area contributed by atoms with Crippen LogP contribution in [0.2, 0.25) is 0 Å². The molecule has 0 radical (unpaired) electrons. The molecule has 1 aromatic rings. The Balaban J connectivity index is 1.62. The van der Waals surface area contributed by atoms with E-state index in [1.54, 1.807) is 0 Å². The zero-order chi connectivity index (χ0) is 17.4. The number of ether oxygens (including phenoxy) is 1. The van der Waals surface area contributed by atoms with Crippen LogP contribution in [0.25, 0.3) is 0 Å². The lowest BCUT2D eigenvalue weighted by atomic mass is 9.93.